The number of Topliss-reactive ketones (excluding diaryl/α,β-unsaturated/α-hetero) is 1. The summed E-state index contributed by atoms with van der Waals surface area (Å²) in [6.07, 6.45) is -3.41. The van der Waals surface area contributed by atoms with Crippen molar-refractivity contribution in [3.63, 3.8) is 0 Å². The summed E-state index contributed by atoms with van der Waals surface area (Å²) in [5.74, 6) is -2.29. The molecule has 2 fully saturated rings. The second-order valence-corrected chi connectivity index (χ2v) is 12.7. The Kier molecular flexibility index (Phi) is 12.2. The van der Waals surface area contributed by atoms with Crippen LogP contribution in [0.2, 0.25) is 0 Å². The minimum absolute atomic E-state index is 0.0590. The molecule has 0 bridgehead atoms. The van der Waals surface area contributed by atoms with E-state index in [9.17, 15) is 25.2 Å². The van der Waals surface area contributed by atoms with E-state index < -0.39 is 60.2 Å². The Labute approximate surface area is 229 Å². The van der Waals surface area contributed by atoms with Gasteiger partial charge >= 0.3 is 0 Å². The molecule has 0 spiro atoms. The lowest BCUT2D eigenvalue weighted by Gasteiger charge is -2.45. The number of hydrogen-bond donors (Lipinski definition) is 4. The number of hydrogen-bond acceptors (Lipinski definition) is 9. The van der Waals surface area contributed by atoms with E-state index in [-0.39, 0.29) is 36.2 Å². The Morgan fingerprint density at radius 1 is 1.03 bits per heavy atom. The molecule has 0 aromatic heterocycles. The van der Waals surface area contributed by atoms with E-state index in [1.807, 2.05) is 53.6 Å². The first-order chi connectivity index (χ1) is 17.5. The van der Waals surface area contributed by atoms with Gasteiger partial charge in [0.05, 0.1) is 48.8 Å². The molecule has 0 aliphatic carbocycles. The average Bonchev–Trinajstić information content (AvgIpc) is 2.85. The van der Waals surface area contributed by atoms with E-state index in [0.717, 1.165) is 0 Å². The summed E-state index contributed by atoms with van der Waals surface area (Å²) in [4.78, 5) is 15.2. The van der Waals surface area contributed by atoms with Crippen molar-refractivity contribution in [3.8, 4) is 0 Å². The fourth-order valence-electron chi connectivity index (χ4n) is 6.47. The number of ether oxygens (including phenoxy) is 3. The van der Waals surface area contributed by atoms with Gasteiger partial charge in [0.2, 0.25) is 0 Å². The Hall–Kier alpha value is -0.650. The minimum Gasteiger partial charge on any atom is -0.392 e. The number of aliphatic hydroxyl groups is 4. The van der Waals surface area contributed by atoms with E-state index in [1.165, 1.54) is 0 Å². The first kappa shape index (κ1) is 33.6. The summed E-state index contributed by atoms with van der Waals surface area (Å²) in [6, 6.07) is -0.155. The van der Waals surface area contributed by atoms with Gasteiger partial charge in [-0.05, 0) is 40.8 Å². The molecule has 4 unspecified atom stereocenters. The monoisotopic (exact) mass is 545 g/mol. The van der Waals surface area contributed by atoms with Crippen molar-refractivity contribution in [2.45, 2.75) is 129 Å². The molecule has 2 saturated heterocycles. The van der Waals surface area contributed by atoms with Crippen molar-refractivity contribution >= 4 is 5.78 Å². The standard InChI is InChI=1S/C29H55NO8/c1-11-22-17(4)25(32)18(5)24(31)15(2)13-29(8,35)28(34)19(6)27(16(3)14-36-22)38-23-12-21(30(9)10)26(33)20(7)37-23/h15-23,25-28,32-35H,11-14H2,1-10H3/t15-,16+,17+,18+,19+,20?,21?,22-,23?,25+,26?,27-,28-,29-/m1/s1. The molecule has 2 aliphatic rings. The van der Waals surface area contributed by atoms with Gasteiger partial charge in [0.25, 0.3) is 0 Å². The summed E-state index contributed by atoms with van der Waals surface area (Å²) in [5.41, 5.74) is -1.56. The zero-order valence-corrected chi connectivity index (χ0v) is 25.2. The highest BCUT2D eigenvalue weighted by Crippen LogP contribution is 2.35. The molecular weight excluding hydrogens is 490 g/mol. The molecule has 2 rings (SSSR count). The summed E-state index contributed by atoms with van der Waals surface area (Å²) in [6.45, 7) is 14.9. The maximum atomic E-state index is 13.2. The topological polar surface area (TPSA) is 129 Å². The van der Waals surface area contributed by atoms with Crippen LogP contribution in [0.25, 0.3) is 0 Å². The highest BCUT2D eigenvalue weighted by molar-refractivity contribution is 5.83. The van der Waals surface area contributed by atoms with Gasteiger partial charge in [-0.1, -0.05) is 41.5 Å². The predicted molar refractivity (Wildman–Crippen MR) is 145 cm³/mol. The molecule has 0 radical (unpaired) electrons. The molecule has 38 heavy (non-hydrogen) atoms. The molecule has 9 heteroatoms. The molecule has 0 aromatic carbocycles. The minimum atomic E-state index is -1.56. The van der Waals surface area contributed by atoms with Crippen molar-refractivity contribution in [1.82, 2.24) is 4.90 Å². The Bertz CT molecular complexity index is 748. The molecular formula is C29H55NO8. The second-order valence-electron chi connectivity index (χ2n) is 12.7. The zero-order chi connectivity index (χ0) is 29.1. The van der Waals surface area contributed by atoms with Crippen LogP contribution in [0.1, 0.15) is 74.7 Å². The third kappa shape index (κ3) is 7.75. The van der Waals surface area contributed by atoms with E-state index in [1.54, 1.807) is 20.8 Å². The lowest BCUT2D eigenvalue weighted by Crippen LogP contribution is -2.56. The number of nitrogens with zero attached hydrogens (tertiary/aromatic N) is 1. The first-order valence-electron chi connectivity index (χ1n) is 14.4. The first-order valence-corrected chi connectivity index (χ1v) is 14.4. The smallest absolute Gasteiger partial charge is 0.160 e. The molecule has 2 aliphatic heterocycles. The number of ketones is 1. The van der Waals surface area contributed by atoms with Gasteiger partial charge in [-0.3, -0.25) is 4.79 Å². The van der Waals surface area contributed by atoms with E-state index in [4.69, 9.17) is 14.2 Å². The van der Waals surface area contributed by atoms with Gasteiger partial charge in [0.15, 0.2) is 6.29 Å². The highest BCUT2D eigenvalue weighted by atomic mass is 16.7. The second kappa shape index (κ2) is 13.8. The van der Waals surface area contributed by atoms with Crippen LogP contribution in [0.5, 0.6) is 0 Å². The number of rotatable bonds is 4. The predicted octanol–water partition coefficient (Wildman–Crippen LogP) is 2.22. The van der Waals surface area contributed by atoms with Crippen LogP contribution in [-0.4, -0.2) is 106 Å². The summed E-state index contributed by atoms with van der Waals surface area (Å²) in [7, 11) is 3.82. The molecule has 2 heterocycles. The molecule has 224 valence electrons. The molecule has 0 amide bonds. The van der Waals surface area contributed by atoms with E-state index >= 15 is 0 Å². The van der Waals surface area contributed by atoms with Crippen LogP contribution in [-0.2, 0) is 19.0 Å². The normalized spacial score (nSPS) is 48.6. The molecule has 0 aromatic rings. The van der Waals surface area contributed by atoms with Crippen molar-refractivity contribution in [2.24, 2.45) is 29.6 Å². The van der Waals surface area contributed by atoms with Crippen LogP contribution in [0, 0.1) is 29.6 Å². The van der Waals surface area contributed by atoms with Gasteiger partial charge in [-0.2, -0.15) is 0 Å². The van der Waals surface area contributed by atoms with E-state index in [2.05, 4.69) is 0 Å². The summed E-state index contributed by atoms with van der Waals surface area (Å²) in [5, 5.41) is 44.4. The highest BCUT2D eigenvalue weighted by Gasteiger charge is 2.45. The summed E-state index contributed by atoms with van der Waals surface area (Å²) >= 11 is 0. The van der Waals surface area contributed by atoms with Crippen molar-refractivity contribution in [1.29, 1.82) is 0 Å². The van der Waals surface area contributed by atoms with Crippen LogP contribution in [0.15, 0.2) is 0 Å². The largest absolute Gasteiger partial charge is 0.392 e. The Balaban J connectivity index is 2.40. The van der Waals surface area contributed by atoms with Gasteiger partial charge < -0.3 is 39.5 Å². The van der Waals surface area contributed by atoms with Crippen molar-refractivity contribution < 1.29 is 39.4 Å². The Morgan fingerprint density at radius 3 is 2.18 bits per heavy atom. The average molecular weight is 546 g/mol. The molecule has 9 nitrogen and oxygen atoms in total. The maximum Gasteiger partial charge on any atom is 0.160 e. The van der Waals surface area contributed by atoms with Crippen molar-refractivity contribution in [3.05, 3.63) is 0 Å². The maximum absolute atomic E-state index is 13.2. The van der Waals surface area contributed by atoms with Crippen LogP contribution >= 0.6 is 0 Å². The van der Waals surface area contributed by atoms with Crippen LogP contribution in [0.4, 0.5) is 0 Å². The third-order valence-corrected chi connectivity index (χ3v) is 9.13. The quantitative estimate of drug-likeness (QED) is 0.420. The fourth-order valence-corrected chi connectivity index (χ4v) is 6.47. The number of aliphatic hydroxyl groups excluding tert-OH is 3. The number of likely N-dealkylation sites (N-methyl/N-ethyl adjacent to an activating group) is 1. The zero-order valence-electron chi connectivity index (χ0n) is 25.2. The van der Waals surface area contributed by atoms with E-state index in [0.29, 0.717) is 19.4 Å². The van der Waals surface area contributed by atoms with Crippen LogP contribution in [0.3, 0.4) is 0 Å². The molecule has 0 saturated carbocycles. The van der Waals surface area contributed by atoms with Gasteiger partial charge in [0, 0.05) is 42.1 Å². The fraction of sp³-hybridized carbons (Fsp3) is 0.966. The van der Waals surface area contributed by atoms with Gasteiger partial charge in [-0.25, -0.2) is 0 Å². The number of carbonyl (C=O) groups is 1. The number of carbonyl (C=O) groups excluding carboxylic acids is 1. The lowest BCUT2D eigenvalue weighted by atomic mass is 9.75. The van der Waals surface area contributed by atoms with Gasteiger partial charge in [0.1, 0.15) is 5.78 Å². The molecule has 14 atom stereocenters. The Morgan fingerprint density at radius 2 is 1.63 bits per heavy atom. The van der Waals surface area contributed by atoms with Gasteiger partial charge in [-0.15, -0.1) is 0 Å². The summed E-state index contributed by atoms with van der Waals surface area (Å²) < 4.78 is 18.9. The van der Waals surface area contributed by atoms with Crippen molar-refractivity contribution in [2.75, 3.05) is 20.7 Å². The van der Waals surface area contributed by atoms with Crippen LogP contribution < -0.4 is 0 Å². The molecule has 4 N–H and O–H groups in total. The SMILES string of the molecule is CC[C@H]1OC[C@H](C)[C@@H](OC2CC(N(C)C)C(O)C(C)O2)[C@H](C)[C@@H](O)[C@](C)(O)C[C@@H](C)C(=O)[C@H](C)[C@@H](O)[C@H]1C. The third-order valence-electron chi connectivity index (χ3n) is 9.13. The lowest BCUT2D eigenvalue weighted by molar-refractivity contribution is -0.270.